The summed E-state index contributed by atoms with van der Waals surface area (Å²) in [5.74, 6) is 0.711. The van der Waals surface area contributed by atoms with Crippen LogP contribution in [0.15, 0.2) is 48.5 Å². The summed E-state index contributed by atoms with van der Waals surface area (Å²) in [4.78, 5) is 10.2. The highest BCUT2D eigenvalue weighted by Crippen LogP contribution is 2.35. The lowest BCUT2D eigenvalue weighted by atomic mass is 9.90. The number of halogens is 1. The fourth-order valence-corrected chi connectivity index (χ4v) is 4.42. The van der Waals surface area contributed by atoms with E-state index in [1.807, 2.05) is 24.3 Å². The van der Waals surface area contributed by atoms with Crippen LogP contribution in [0.3, 0.4) is 0 Å². The Morgan fingerprint density at radius 2 is 1.81 bits per heavy atom. The molecule has 1 fully saturated rings. The number of piperidine rings is 1. The molecule has 2 N–H and O–H groups in total. The third-order valence-electron chi connectivity index (χ3n) is 6.25. The second-order valence-electron chi connectivity index (χ2n) is 8.38. The normalized spacial score (nSPS) is 15.7. The van der Waals surface area contributed by atoms with Crippen LogP contribution in [-0.2, 0) is 12.8 Å². The molecule has 0 amide bonds. The average Bonchev–Trinajstić information content (AvgIpc) is 3.35. The van der Waals surface area contributed by atoms with Gasteiger partial charge in [-0.2, -0.15) is 9.78 Å². The van der Waals surface area contributed by atoms with E-state index in [2.05, 4.69) is 21.9 Å². The smallest absolute Gasteiger partial charge is 0.232 e. The minimum absolute atomic E-state index is 0.134. The number of aromatic amines is 1. The van der Waals surface area contributed by atoms with E-state index in [0.717, 1.165) is 53.8 Å². The van der Waals surface area contributed by atoms with Gasteiger partial charge in [0.1, 0.15) is 5.82 Å². The number of likely N-dealkylation sites (tertiary alicyclic amines) is 1. The monoisotopic (exact) mass is 419 g/mol. The molecule has 0 atom stereocenters. The van der Waals surface area contributed by atoms with Gasteiger partial charge < -0.3 is 15.0 Å². The van der Waals surface area contributed by atoms with E-state index < -0.39 is 0 Å². The summed E-state index contributed by atoms with van der Waals surface area (Å²) in [6, 6.07) is 14.3. The van der Waals surface area contributed by atoms with Gasteiger partial charge in [0.2, 0.25) is 11.8 Å². The summed E-state index contributed by atoms with van der Waals surface area (Å²) in [7, 11) is 2.14. The van der Waals surface area contributed by atoms with Gasteiger partial charge >= 0.3 is 0 Å². The lowest BCUT2D eigenvalue weighted by Gasteiger charge is -2.28. The predicted octanol–water partition coefficient (Wildman–Crippen LogP) is 4.19. The number of fused-ring (bicyclic) bond motifs is 1. The lowest BCUT2D eigenvalue weighted by Crippen LogP contribution is -2.29. The number of rotatable bonds is 5. The van der Waals surface area contributed by atoms with Crippen LogP contribution in [-0.4, -0.2) is 49.9 Å². The fourth-order valence-electron chi connectivity index (χ4n) is 4.42. The van der Waals surface area contributed by atoms with Crippen LogP contribution >= 0.6 is 0 Å². The number of hydrogen-bond donors (Lipinski definition) is 2. The minimum Gasteiger partial charge on any atom is -0.493 e. The van der Waals surface area contributed by atoms with Crippen molar-refractivity contribution in [3.63, 3.8) is 0 Å². The van der Waals surface area contributed by atoms with Crippen LogP contribution in [0.4, 0.5) is 4.39 Å². The number of imidazole rings is 1. The topological polar surface area (TPSA) is 70.0 Å². The molecular weight excluding hydrogens is 393 g/mol. The molecule has 1 aliphatic rings. The molecule has 7 heteroatoms. The molecule has 0 unspecified atom stereocenters. The molecule has 1 saturated heterocycles. The third kappa shape index (κ3) is 3.93. The Labute approximate surface area is 180 Å². The molecular formula is C24H26FN5O. The average molecular weight is 420 g/mol. The van der Waals surface area contributed by atoms with Crippen molar-refractivity contribution < 1.29 is 9.50 Å². The van der Waals surface area contributed by atoms with Gasteiger partial charge in [-0.1, -0.05) is 24.3 Å². The molecule has 160 valence electrons. The maximum atomic E-state index is 13.3. The van der Waals surface area contributed by atoms with E-state index in [9.17, 15) is 9.50 Å². The van der Waals surface area contributed by atoms with E-state index in [0.29, 0.717) is 24.7 Å². The van der Waals surface area contributed by atoms with Gasteiger partial charge in [0.05, 0.1) is 16.7 Å². The second-order valence-corrected chi connectivity index (χ2v) is 8.38. The molecule has 4 aromatic rings. The van der Waals surface area contributed by atoms with Gasteiger partial charge in [-0.25, -0.2) is 9.37 Å². The van der Waals surface area contributed by atoms with E-state index in [1.165, 1.54) is 16.8 Å². The van der Waals surface area contributed by atoms with E-state index in [-0.39, 0.29) is 11.7 Å². The van der Waals surface area contributed by atoms with Gasteiger partial charge in [0.15, 0.2) is 0 Å². The van der Waals surface area contributed by atoms with Crippen molar-refractivity contribution >= 4 is 11.0 Å². The van der Waals surface area contributed by atoms with E-state index in [4.69, 9.17) is 5.10 Å². The molecule has 6 nitrogen and oxygen atoms in total. The molecule has 0 spiro atoms. The van der Waals surface area contributed by atoms with Crippen molar-refractivity contribution in [2.45, 2.75) is 31.6 Å². The first-order valence-corrected chi connectivity index (χ1v) is 10.8. The van der Waals surface area contributed by atoms with Crippen LogP contribution in [0.25, 0.3) is 17.0 Å². The van der Waals surface area contributed by atoms with Crippen molar-refractivity contribution in [2.24, 2.45) is 0 Å². The van der Waals surface area contributed by atoms with Gasteiger partial charge in [0, 0.05) is 11.5 Å². The highest BCUT2D eigenvalue weighted by Gasteiger charge is 2.28. The number of para-hydroxylation sites is 2. The van der Waals surface area contributed by atoms with Gasteiger partial charge in [-0.15, -0.1) is 0 Å². The molecule has 2 aromatic carbocycles. The Morgan fingerprint density at radius 3 is 2.55 bits per heavy atom. The molecule has 0 saturated carbocycles. The number of aromatic nitrogens is 4. The maximum absolute atomic E-state index is 13.3. The maximum Gasteiger partial charge on any atom is 0.232 e. The standard InChI is InChI=1S/C24H26FN5O/c1-29-14-12-17(13-15-29)22-19(11-8-16-6-9-18(25)10-7-16)23(31)30(28-22)24-26-20-4-2-3-5-21(20)27-24/h2-7,9-10,17,31H,8,11-15H2,1H3,(H,26,27). The Bertz CT molecular complexity index is 1160. The van der Waals surface area contributed by atoms with E-state index in [1.54, 1.807) is 12.1 Å². The molecule has 0 radical (unpaired) electrons. The zero-order valence-electron chi connectivity index (χ0n) is 17.6. The Kier molecular flexibility index (Phi) is 5.19. The van der Waals surface area contributed by atoms with Crippen molar-refractivity contribution in [1.29, 1.82) is 0 Å². The van der Waals surface area contributed by atoms with Gasteiger partial charge in [-0.05, 0) is 75.6 Å². The summed E-state index contributed by atoms with van der Waals surface area (Å²) >= 11 is 0. The second kappa shape index (κ2) is 8.15. The van der Waals surface area contributed by atoms with Crippen molar-refractivity contribution in [3.05, 3.63) is 71.2 Å². The first-order chi connectivity index (χ1) is 15.1. The molecule has 31 heavy (non-hydrogen) atoms. The molecule has 0 aliphatic carbocycles. The number of benzene rings is 2. The van der Waals surface area contributed by atoms with Crippen LogP contribution in [0.2, 0.25) is 0 Å². The summed E-state index contributed by atoms with van der Waals surface area (Å²) in [5.41, 5.74) is 4.58. The SMILES string of the molecule is CN1CCC(c2nn(-c3nc4ccccc4[nH]3)c(O)c2CCc2ccc(F)cc2)CC1. The zero-order valence-corrected chi connectivity index (χ0v) is 17.6. The third-order valence-corrected chi connectivity index (χ3v) is 6.25. The largest absolute Gasteiger partial charge is 0.493 e. The zero-order chi connectivity index (χ0) is 21.4. The van der Waals surface area contributed by atoms with Crippen LogP contribution < -0.4 is 0 Å². The Balaban J connectivity index is 1.51. The van der Waals surface area contributed by atoms with Gasteiger partial charge in [-0.3, -0.25) is 0 Å². The fraction of sp³-hybridized carbons (Fsp3) is 0.333. The first kappa shape index (κ1) is 19.8. The Morgan fingerprint density at radius 1 is 1.06 bits per heavy atom. The highest BCUT2D eigenvalue weighted by atomic mass is 19.1. The number of aromatic hydroxyl groups is 1. The number of nitrogens with one attached hydrogen (secondary N) is 1. The lowest BCUT2D eigenvalue weighted by molar-refractivity contribution is 0.252. The van der Waals surface area contributed by atoms with E-state index >= 15 is 0 Å². The summed E-state index contributed by atoms with van der Waals surface area (Å²) in [6.07, 6.45) is 3.37. The van der Waals surface area contributed by atoms with Crippen LogP contribution in [0.5, 0.6) is 5.88 Å². The van der Waals surface area contributed by atoms with Crippen molar-refractivity contribution in [3.8, 4) is 11.8 Å². The van der Waals surface area contributed by atoms with Crippen LogP contribution in [0, 0.1) is 5.82 Å². The molecule has 5 rings (SSSR count). The first-order valence-electron chi connectivity index (χ1n) is 10.8. The highest BCUT2D eigenvalue weighted by molar-refractivity contribution is 5.76. The van der Waals surface area contributed by atoms with Gasteiger partial charge in [0.25, 0.3) is 0 Å². The summed E-state index contributed by atoms with van der Waals surface area (Å²) in [5, 5.41) is 16.0. The number of hydrogen-bond acceptors (Lipinski definition) is 4. The minimum atomic E-state index is -0.240. The molecule has 1 aliphatic heterocycles. The van der Waals surface area contributed by atoms with Crippen molar-refractivity contribution in [1.82, 2.24) is 24.6 Å². The van der Waals surface area contributed by atoms with Crippen molar-refractivity contribution in [2.75, 3.05) is 20.1 Å². The summed E-state index contributed by atoms with van der Waals surface area (Å²) in [6.45, 7) is 2.03. The Hall–Kier alpha value is -3.19. The quantitative estimate of drug-likeness (QED) is 0.509. The molecule has 2 aromatic heterocycles. The number of nitrogens with zero attached hydrogens (tertiary/aromatic N) is 4. The number of H-pyrrole nitrogens is 1. The number of aryl methyl sites for hydroxylation is 1. The summed E-state index contributed by atoms with van der Waals surface area (Å²) < 4.78 is 14.8. The predicted molar refractivity (Wildman–Crippen MR) is 118 cm³/mol. The molecule has 0 bridgehead atoms. The molecule has 3 heterocycles. The van der Waals surface area contributed by atoms with Crippen LogP contribution in [0.1, 0.15) is 35.6 Å².